The van der Waals surface area contributed by atoms with Crippen molar-refractivity contribution >= 4 is 17.4 Å². The van der Waals surface area contributed by atoms with E-state index in [0.717, 1.165) is 23.3 Å². The summed E-state index contributed by atoms with van der Waals surface area (Å²) in [6.07, 6.45) is 1.95. The lowest BCUT2D eigenvalue weighted by atomic mass is 9.73. The molecule has 0 aliphatic rings. The maximum Gasteiger partial charge on any atom is 0.238 e. The molecule has 0 aliphatic heterocycles. The molecule has 0 heterocycles. The number of ether oxygens (including phenoxy) is 1. The molecular formula is C28H31NO3. The number of Topliss-reactive ketones (excluding diaryl/α,β-unsaturated/α-hetero) is 1. The molecule has 0 spiro atoms. The van der Waals surface area contributed by atoms with Crippen LogP contribution in [0.4, 0.5) is 5.69 Å². The second-order valence-electron chi connectivity index (χ2n) is 8.02. The second-order valence-corrected chi connectivity index (χ2v) is 8.02. The van der Waals surface area contributed by atoms with Crippen LogP contribution in [-0.2, 0) is 22.6 Å². The Hall–Kier alpha value is -3.40. The summed E-state index contributed by atoms with van der Waals surface area (Å²) in [5.74, 6) is 0.465. The van der Waals surface area contributed by atoms with Gasteiger partial charge in [0.1, 0.15) is 23.6 Å². The van der Waals surface area contributed by atoms with E-state index in [1.165, 1.54) is 0 Å². The smallest absolute Gasteiger partial charge is 0.238 e. The van der Waals surface area contributed by atoms with Gasteiger partial charge in [-0.3, -0.25) is 9.59 Å². The molecule has 0 saturated carbocycles. The SMILES string of the molecule is CCCC(=O)C(CC)(Cc1ccccc1)C(=O)Nc1ccc(OCc2ccccc2)cc1. The molecule has 1 unspecified atom stereocenters. The van der Waals surface area contributed by atoms with Crippen molar-refractivity contribution in [3.8, 4) is 5.75 Å². The van der Waals surface area contributed by atoms with Crippen molar-refractivity contribution in [1.82, 2.24) is 0 Å². The monoisotopic (exact) mass is 429 g/mol. The number of carbonyl (C=O) groups excluding carboxylic acids is 2. The van der Waals surface area contributed by atoms with Crippen LogP contribution in [0.15, 0.2) is 84.9 Å². The third kappa shape index (κ3) is 5.85. The van der Waals surface area contributed by atoms with Crippen molar-refractivity contribution in [3.63, 3.8) is 0 Å². The normalized spacial score (nSPS) is 12.6. The van der Waals surface area contributed by atoms with Crippen molar-refractivity contribution in [2.24, 2.45) is 5.41 Å². The Morgan fingerprint density at radius 2 is 1.41 bits per heavy atom. The molecule has 3 aromatic carbocycles. The number of benzene rings is 3. The van der Waals surface area contributed by atoms with Gasteiger partial charge in [0, 0.05) is 12.1 Å². The molecule has 166 valence electrons. The van der Waals surface area contributed by atoms with Crippen LogP contribution in [0, 0.1) is 5.41 Å². The Kier molecular flexibility index (Phi) is 8.20. The van der Waals surface area contributed by atoms with E-state index in [9.17, 15) is 9.59 Å². The number of hydrogen-bond donors (Lipinski definition) is 1. The van der Waals surface area contributed by atoms with Gasteiger partial charge < -0.3 is 10.1 Å². The first-order valence-corrected chi connectivity index (χ1v) is 11.2. The summed E-state index contributed by atoms with van der Waals surface area (Å²) in [5.41, 5.74) is 1.64. The van der Waals surface area contributed by atoms with Gasteiger partial charge in [-0.25, -0.2) is 0 Å². The van der Waals surface area contributed by atoms with E-state index in [0.29, 0.717) is 31.6 Å². The average Bonchev–Trinajstić information content (AvgIpc) is 2.83. The largest absolute Gasteiger partial charge is 0.489 e. The predicted octanol–water partition coefficient (Wildman–Crippen LogP) is 6.21. The summed E-state index contributed by atoms with van der Waals surface area (Å²) in [4.78, 5) is 26.5. The van der Waals surface area contributed by atoms with Gasteiger partial charge in [0.2, 0.25) is 5.91 Å². The number of hydrogen-bond acceptors (Lipinski definition) is 3. The van der Waals surface area contributed by atoms with E-state index in [1.54, 1.807) is 0 Å². The number of nitrogens with one attached hydrogen (secondary N) is 1. The molecule has 3 rings (SSSR count). The van der Waals surface area contributed by atoms with E-state index in [2.05, 4.69) is 5.32 Å². The van der Waals surface area contributed by atoms with Gasteiger partial charge >= 0.3 is 0 Å². The highest BCUT2D eigenvalue weighted by Crippen LogP contribution is 2.32. The fourth-order valence-corrected chi connectivity index (χ4v) is 3.83. The molecule has 32 heavy (non-hydrogen) atoms. The van der Waals surface area contributed by atoms with Crippen molar-refractivity contribution in [2.45, 2.75) is 46.1 Å². The van der Waals surface area contributed by atoms with Crippen LogP contribution in [0.5, 0.6) is 5.75 Å². The van der Waals surface area contributed by atoms with Gasteiger partial charge in [-0.15, -0.1) is 0 Å². The van der Waals surface area contributed by atoms with Crippen LogP contribution >= 0.6 is 0 Å². The minimum absolute atomic E-state index is 0.00772. The lowest BCUT2D eigenvalue weighted by Gasteiger charge is -2.30. The van der Waals surface area contributed by atoms with E-state index in [4.69, 9.17) is 4.74 Å². The standard InChI is InChI=1S/C28H31NO3/c1-3-11-26(30)28(4-2,20-22-12-7-5-8-13-22)27(31)29-24-16-18-25(19-17-24)32-21-23-14-9-6-10-15-23/h5-10,12-19H,3-4,11,20-21H2,1-2H3,(H,29,31). The van der Waals surface area contributed by atoms with Gasteiger partial charge in [0.25, 0.3) is 0 Å². The molecule has 0 bridgehead atoms. The molecule has 1 amide bonds. The Morgan fingerprint density at radius 3 is 1.97 bits per heavy atom. The first-order chi connectivity index (χ1) is 15.6. The van der Waals surface area contributed by atoms with Gasteiger partial charge in [0.15, 0.2) is 0 Å². The summed E-state index contributed by atoms with van der Waals surface area (Å²) in [5, 5.41) is 2.98. The fourth-order valence-electron chi connectivity index (χ4n) is 3.83. The van der Waals surface area contributed by atoms with Crippen LogP contribution in [-0.4, -0.2) is 11.7 Å². The Bertz CT molecular complexity index is 1000. The van der Waals surface area contributed by atoms with Gasteiger partial charge in [-0.1, -0.05) is 74.5 Å². The molecule has 4 nitrogen and oxygen atoms in total. The quantitative estimate of drug-likeness (QED) is 0.369. The minimum atomic E-state index is -1.08. The molecule has 0 aromatic heterocycles. The van der Waals surface area contributed by atoms with E-state index in [-0.39, 0.29) is 11.7 Å². The maximum atomic E-state index is 13.4. The second kappa shape index (κ2) is 11.3. The molecule has 4 heteroatoms. The number of amides is 1. The molecular weight excluding hydrogens is 398 g/mol. The van der Waals surface area contributed by atoms with Crippen LogP contribution in [0.1, 0.15) is 44.2 Å². The summed E-state index contributed by atoms with van der Waals surface area (Å²) < 4.78 is 5.82. The average molecular weight is 430 g/mol. The maximum absolute atomic E-state index is 13.4. The number of rotatable bonds is 11. The summed E-state index contributed by atoms with van der Waals surface area (Å²) in [6.45, 7) is 4.36. The van der Waals surface area contributed by atoms with Gasteiger partial charge in [0.05, 0.1) is 0 Å². The molecule has 0 fully saturated rings. The zero-order valence-electron chi connectivity index (χ0n) is 18.8. The lowest BCUT2D eigenvalue weighted by Crippen LogP contribution is -2.44. The Balaban J connectivity index is 1.72. The zero-order valence-corrected chi connectivity index (χ0v) is 18.8. The first kappa shape index (κ1) is 23.3. The lowest BCUT2D eigenvalue weighted by molar-refractivity contribution is -0.139. The van der Waals surface area contributed by atoms with Crippen molar-refractivity contribution in [3.05, 3.63) is 96.1 Å². The third-order valence-electron chi connectivity index (χ3n) is 5.76. The molecule has 0 aliphatic carbocycles. The van der Waals surface area contributed by atoms with E-state index < -0.39 is 5.41 Å². The highest BCUT2D eigenvalue weighted by atomic mass is 16.5. The van der Waals surface area contributed by atoms with Crippen molar-refractivity contribution in [2.75, 3.05) is 5.32 Å². The number of ketones is 1. The summed E-state index contributed by atoms with van der Waals surface area (Å²) in [7, 11) is 0. The third-order valence-corrected chi connectivity index (χ3v) is 5.76. The minimum Gasteiger partial charge on any atom is -0.489 e. The van der Waals surface area contributed by atoms with Gasteiger partial charge in [-0.05, 0) is 54.7 Å². The molecule has 1 atom stereocenters. The fraction of sp³-hybridized carbons (Fsp3) is 0.286. The molecule has 1 N–H and O–H groups in total. The Morgan fingerprint density at radius 1 is 0.812 bits per heavy atom. The van der Waals surface area contributed by atoms with Crippen LogP contribution in [0.3, 0.4) is 0 Å². The van der Waals surface area contributed by atoms with Gasteiger partial charge in [-0.2, -0.15) is 0 Å². The Labute approximate surface area is 190 Å². The number of anilines is 1. The topological polar surface area (TPSA) is 55.4 Å². The van der Waals surface area contributed by atoms with Crippen LogP contribution in [0.2, 0.25) is 0 Å². The highest BCUT2D eigenvalue weighted by Gasteiger charge is 2.43. The summed E-state index contributed by atoms with van der Waals surface area (Å²) >= 11 is 0. The van der Waals surface area contributed by atoms with E-state index >= 15 is 0 Å². The molecule has 3 aromatic rings. The van der Waals surface area contributed by atoms with E-state index in [1.807, 2.05) is 98.8 Å². The van der Waals surface area contributed by atoms with Crippen LogP contribution < -0.4 is 10.1 Å². The molecule has 0 radical (unpaired) electrons. The summed E-state index contributed by atoms with van der Waals surface area (Å²) in [6, 6.07) is 27.0. The number of carbonyl (C=O) groups is 2. The predicted molar refractivity (Wildman–Crippen MR) is 129 cm³/mol. The first-order valence-electron chi connectivity index (χ1n) is 11.2. The van der Waals surface area contributed by atoms with Crippen LogP contribution in [0.25, 0.3) is 0 Å². The van der Waals surface area contributed by atoms with Crippen molar-refractivity contribution < 1.29 is 14.3 Å². The highest BCUT2D eigenvalue weighted by molar-refractivity contribution is 6.11. The van der Waals surface area contributed by atoms with Crippen molar-refractivity contribution in [1.29, 1.82) is 0 Å². The zero-order chi connectivity index (χ0) is 22.8. The molecule has 0 saturated heterocycles.